The largest absolute Gasteiger partial charge is 0.507 e. The fraction of sp³-hybridized carbons (Fsp3) is 0. The Labute approximate surface area is 171 Å². The first kappa shape index (κ1) is 19.0. The van der Waals surface area contributed by atoms with Gasteiger partial charge < -0.3 is 5.11 Å². The van der Waals surface area contributed by atoms with Crippen molar-refractivity contribution in [2.45, 2.75) is 0 Å². The molecule has 1 aromatic heterocycles. The molecule has 0 spiro atoms. The fourth-order valence-electron chi connectivity index (χ4n) is 2.76. The van der Waals surface area contributed by atoms with E-state index in [9.17, 15) is 14.3 Å². The molecule has 0 fully saturated rings. The molecule has 2 N–H and O–H groups in total. The predicted octanol–water partition coefficient (Wildman–Crippen LogP) is 3.54. The van der Waals surface area contributed by atoms with Gasteiger partial charge in [-0.3, -0.25) is 4.79 Å². The van der Waals surface area contributed by atoms with Crippen molar-refractivity contribution < 1.29 is 14.3 Å². The van der Waals surface area contributed by atoms with Crippen LogP contribution in [0.1, 0.15) is 15.9 Å². The van der Waals surface area contributed by atoms with Crippen molar-refractivity contribution in [1.29, 1.82) is 0 Å². The van der Waals surface area contributed by atoms with Gasteiger partial charge in [0, 0.05) is 11.6 Å². The van der Waals surface area contributed by atoms with Crippen LogP contribution >= 0.6 is 0 Å². The third-order valence-electron chi connectivity index (χ3n) is 4.30. The van der Waals surface area contributed by atoms with Crippen molar-refractivity contribution in [3.63, 3.8) is 0 Å². The van der Waals surface area contributed by atoms with Crippen molar-refractivity contribution in [2.75, 3.05) is 0 Å². The smallest absolute Gasteiger partial charge is 0.275 e. The van der Waals surface area contributed by atoms with Gasteiger partial charge in [0.15, 0.2) is 0 Å². The SMILES string of the molecule is O=C(NN=Cc1ccc(F)cc1)c1ccc(-n2cc(-c3ccccc3)nn2)cc1O. The van der Waals surface area contributed by atoms with Gasteiger partial charge in [0.1, 0.15) is 17.3 Å². The zero-order chi connectivity index (χ0) is 20.9. The maximum atomic E-state index is 12.9. The van der Waals surface area contributed by atoms with E-state index < -0.39 is 5.91 Å². The number of hydrogen-bond donors (Lipinski definition) is 2. The Balaban J connectivity index is 1.47. The molecule has 0 atom stereocenters. The lowest BCUT2D eigenvalue weighted by molar-refractivity contribution is 0.0952. The first-order chi connectivity index (χ1) is 14.6. The van der Waals surface area contributed by atoms with E-state index in [0.29, 0.717) is 16.9 Å². The maximum Gasteiger partial charge on any atom is 0.275 e. The summed E-state index contributed by atoms with van der Waals surface area (Å²) < 4.78 is 14.4. The highest BCUT2D eigenvalue weighted by atomic mass is 19.1. The first-order valence-electron chi connectivity index (χ1n) is 9.00. The Kier molecular flexibility index (Phi) is 5.29. The molecule has 148 valence electrons. The van der Waals surface area contributed by atoms with Crippen LogP contribution in [0, 0.1) is 5.82 Å². The summed E-state index contributed by atoms with van der Waals surface area (Å²) in [5.41, 5.74) is 5.16. The number of benzene rings is 3. The molecule has 3 aromatic carbocycles. The number of hydrazone groups is 1. The van der Waals surface area contributed by atoms with Gasteiger partial charge in [-0.25, -0.2) is 14.5 Å². The normalized spacial score (nSPS) is 11.0. The van der Waals surface area contributed by atoms with E-state index in [1.54, 1.807) is 12.3 Å². The number of aromatic nitrogens is 3. The Bertz CT molecular complexity index is 1200. The summed E-state index contributed by atoms with van der Waals surface area (Å²) in [6.07, 6.45) is 3.11. The summed E-state index contributed by atoms with van der Waals surface area (Å²) in [6, 6.07) is 19.7. The van der Waals surface area contributed by atoms with Crippen molar-refractivity contribution in [1.82, 2.24) is 20.4 Å². The number of halogens is 1. The number of hydrogen-bond acceptors (Lipinski definition) is 5. The molecule has 0 saturated heterocycles. The van der Waals surface area contributed by atoms with Crippen LogP contribution in [0.15, 0.2) is 84.1 Å². The summed E-state index contributed by atoms with van der Waals surface area (Å²) in [5, 5.41) is 22.3. The molecule has 0 unspecified atom stereocenters. The summed E-state index contributed by atoms with van der Waals surface area (Å²) in [4.78, 5) is 12.3. The van der Waals surface area contributed by atoms with Crippen LogP contribution in [0.4, 0.5) is 4.39 Å². The van der Waals surface area contributed by atoms with Crippen LogP contribution < -0.4 is 5.43 Å². The zero-order valence-corrected chi connectivity index (χ0v) is 15.6. The van der Waals surface area contributed by atoms with Crippen LogP contribution in [0.3, 0.4) is 0 Å². The Morgan fingerprint density at radius 3 is 2.57 bits per heavy atom. The van der Waals surface area contributed by atoms with E-state index in [1.165, 1.54) is 47.3 Å². The average Bonchev–Trinajstić information content (AvgIpc) is 3.26. The van der Waals surface area contributed by atoms with Crippen LogP contribution in [0.25, 0.3) is 16.9 Å². The van der Waals surface area contributed by atoms with E-state index in [4.69, 9.17) is 0 Å². The van der Waals surface area contributed by atoms with Crippen molar-refractivity contribution in [3.8, 4) is 22.7 Å². The number of phenolic OH excluding ortho intramolecular Hbond substituents is 1. The van der Waals surface area contributed by atoms with Crippen molar-refractivity contribution >= 4 is 12.1 Å². The molecule has 30 heavy (non-hydrogen) atoms. The molecule has 1 amide bonds. The van der Waals surface area contributed by atoms with Crippen LogP contribution in [-0.2, 0) is 0 Å². The van der Waals surface area contributed by atoms with Gasteiger partial charge >= 0.3 is 0 Å². The minimum Gasteiger partial charge on any atom is -0.507 e. The molecule has 0 bridgehead atoms. The summed E-state index contributed by atoms with van der Waals surface area (Å²) in [7, 11) is 0. The van der Waals surface area contributed by atoms with Crippen LogP contribution in [0.2, 0.25) is 0 Å². The predicted molar refractivity (Wildman–Crippen MR) is 110 cm³/mol. The minimum absolute atomic E-state index is 0.0541. The number of carbonyl (C=O) groups is 1. The quantitative estimate of drug-likeness (QED) is 0.395. The van der Waals surface area contributed by atoms with Gasteiger partial charge in [-0.15, -0.1) is 5.10 Å². The lowest BCUT2D eigenvalue weighted by atomic mass is 10.1. The number of carbonyl (C=O) groups excluding carboxylic acids is 1. The van der Waals surface area contributed by atoms with E-state index in [2.05, 4.69) is 20.8 Å². The number of aromatic hydroxyl groups is 1. The summed E-state index contributed by atoms with van der Waals surface area (Å²) in [6.45, 7) is 0. The lowest BCUT2D eigenvalue weighted by Gasteiger charge is -2.06. The zero-order valence-electron chi connectivity index (χ0n) is 15.6. The second-order valence-corrected chi connectivity index (χ2v) is 6.37. The molecule has 7 nitrogen and oxygen atoms in total. The first-order valence-corrected chi connectivity index (χ1v) is 9.00. The van der Waals surface area contributed by atoms with Gasteiger partial charge in [0.05, 0.1) is 23.7 Å². The lowest BCUT2D eigenvalue weighted by Crippen LogP contribution is -2.17. The summed E-state index contributed by atoms with van der Waals surface area (Å²) in [5.74, 6) is -1.16. The molecule has 4 aromatic rings. The topological polar surface area (TPSA) is 92.4 Å². The number of rotatable bonds is 5. The van der Waals surface area contributed by atoms with E-state index >= 15 is 0 Å². The van der Waals surface area contributed by atoms with E-state index in [0.717, 1.165) is 5.56 Å². The maximum absolute atomic E-state index is 12.9. The average molecular weight is 401 g/mol. The molecule has 0 aliphatic rings. The Morgan fingerprint density at radius 1 is 1.07 bits per heavy atom. The second kappa shape index (κ2) is 8.36. The molecule has 0 aliphatic carbocycles. The molecule has 0 radical (unpaired) electrons. The van der Waals surface area contributed by atoms with Gasteiger partial charge in [-0.2, -0.15) is 5.10 Å². The van der Waals surface area contributed by atoms with Crippen molar-refractivity contribution in [3.05, 3.63) is 95.9 Å². The third-order valence-corrected chi connectivity index (χ3v) is 4.30. The number of nitrogens with zero attached hydrogens (tertiary/aromatic N) is 4. The molecule has 0 aliphatic heterocycles. The molecule has 1 heterocycles. The van der Waals surface area contributed by atoms with Gasteiger partial charge in [0.2, 0.25) is 0 Å². The monoisotopic (exact) mass is 401 g/mol. The minimum atomic E-state index is -0.582. The number of phenols is 1. The number of nitrogens with one attached hydrogen (secondary N) is 1. The standard InChI is InChI=1S/C22H16FN5O2/c23-17-8-6-15(7-9-17)13-24-26-22(30)19-11-10-18(12-21(19)29)28-14-20(25-27-28)16-4-2-1-3-5-16/h1-14,29H,(H,26,30). The van der Waals surface area contributed by atoms with E-state index in [1.807, 2.05) is 30.3 Å². The van der Waals surface area contributed by atoms with Crippen molar-refractivity contribution in [2.24, 2.45) is 5.10 Å². The van der Waals surface area contributed by atoms with Crippen LogP contribution in [-0.4, -0.2) is 32.2 Å². The number of amides is 1. The molecular weight excluding hydrogens is 385 g/mol. The highest BCUT2D eigenvalue weighted by Crippen LogP contribution is 2.22. The van der Waals surface area contributed by atoms with E-state index in [-0.39, 0.29) is 17.1 Å². The van der Waals surface area contributed by atoms with Gasteiger partial charge in [-0.1, -0.05) is 47.7 Å². The fourth-order valence-corrected chi connectivity index (χ4v) is 2.76. The molecule has 8 heteroatoms. The molecule has 0 saturated carbocycles. The molecule has 4 rings (SSSR count). The van der Waals surface area contributed by atoms with Gasteiger partial charge in [-0.05, 0) is 29.8 Å². The Morgan fingerprint density at radius 2 is 1.83 bits per heavy atom. The van der Waals surface area contributed by atoms with Gasteiger partial charge in [0.25, 0.3) is 5.91 Å². The summed E-state index contributed by atoms with van der Waals surface area (Å²) >= 11 is 0. The highest BCUT2D eigenvalue weighted by Gasteiger charge is 2.13. The highest BCUT2D eigenvalue weighted by molar-refractivity contribution is 5.97. The third kappa shape index (κ3) is 4.22. The molecular formula is C22H16FN5O2. The second-order valence-electron chi connectivity index (χ2n) is 6.37. The Hall–Kier alpha value is -4.33. The van der Waals surface area contributed by atoms with Crippen LogP contribution in [0.5, 0.6) is 5.75 Å².